The van der Waals surface area contributed by atoms with E-state index in [1.807, 2.05) is 38.1 Å². The van der Waals surface area contributed by atoms with Gasteiger partial charge in [0.25, 0.3) is 0 Å². The van der Waals surface area contributed by atoms with E-state index >= 15 is 0 Å². The highest BCUT2D eigenvalue weighted by atomic mass is 28.4. The van der Waals surface area contributed by atoms with Crippen LogP contribution in [-0.4, -0.2) is 33.5 Å². The van der Waals surface area contributed by atoms with Gasteiger partial charge in [0.15, 0.2) is 8.32 Å². The number of carbonyl (C=O) groups is 1. The largest absolute Gasteiger partial charge is 0.497 e. The number of ether oxygens (including phenoxy) is 2. The predicted molar refractivity (Wildman–Crippen MR) is 108 cm³/mol. The standard InChI is InChI=1S/C20H35NO4Si/c1-14(19(21)22)18(25-26(7,8)20(3,4)5)15(2)24-13-16-9-11-17(23-6)12-10-16/h9-12,14-15,18H,13H2,1-8H3,(H2,21,22). The zero-order valence-electron chi connectivity index (χ0n) is 17.5. The molecule has 1 aromatic rings. The fourth-order valence-corrected chi connectivity index (χ4v) is 3.76. The van der Waals surface area contributed by atoms with Gasteiger partial charge in [-0.15, -0.1) is 0 Å². The second-order valence-electron chi connectivity index (χ2n) is 8.40. The molecule has 26 heavy (non-hydrogen) atoms. The Morgan fingerprint density at radius 1 is 1.15 bits per heavy atom. The number of nitrogens with two attached hydrogens (primary N) is 1. The molecule has 0 saturated heterocycles. The van der Waals surface area contributed by atoms with Gasteiger partial charge in [-0.1, -0.05) is 39.8 Å². The fourth-order valence-electron chi connectivity index (χ4n) is 2.33. The first-order valence-electron chi connectivity index (χ1n) is 9.10. The van der Waals surface area contributed by atoms with E-state index in [-0.39, 0.29) is 23.2 Å². The van der Waals surface area contributed by atoms with Crippen LogP contribution < -0.4 is 10.5 Å². The number of benzene rings is 1. The van der Waals surface area contributed by atoms with Crippen LogP contribution in [0.2, 0.25) is 18.1 Å². The van der Waals surface area contributed by atoms with E-state index in [2.05, 4.69) is 33.9 Å². The molecule has 0 spiro atoms. The van der Waals surface area contributed by atoms with Gasteiger partial charge in [0.1, 0.15) is 5.75 Å². The maximum atomic E-state index is 11.8. The SMILES string of the molecule is COc1ccc(COC(C)C(O[Si](C)(C)C(C)(C)C)C(C)C(N)=O)cc1. The van der Waals surface area contributed by atoms with Gasteiger partial charge in [0, 0.05) is 0 Å². The number of hydrogen-bond acceptors (Lipinski definition) is 4. The lowest BCUT2D eigenvalue weighted by Gasteiger charge is -2.42. The molecule has 1 rings (SSSR count). The van der Waals surface area contributed by atoms with Crippen molar-refractivity contribution in [1.82, 2.24) is 0 Å². The molecule has 6 heteroatoms. The molecule has 0 radical (unpaired) electrons. The summed E-state index contributed by atoms with van der Waals surface area (Å²) in [4.78, 5) is 11.8. The average molecular weight is 382 g/mol. The van der Waals surface area contributed by atoms with Gasteiger partial charge in [-0.3, -0.25) is 4.79 Å². The van der Waals surface area contributed by atoms with Crippen LogP contribution in [0.3, 0.4) is 0 Å². The second kappa shape index (κ2) is 9.02. The van der Waals surface area contributed by atoms with Crippen molar-refractivity contribution < 1.29 is 18.7 Å². The summed E-state index contributed by atoms with van der Waals surface area (Å²) < 4.78 is 17.7. The van der Waals surface area contributed by atoms with E-state index in [1.54, 1.807) is 7.11 Å². The summed E-state index contributed by atoms with van der Waals surface area (Å²) in [6, 6.07) is 7.73. The van der Waals surface area contributed by atoms with Crippen molar-refractivity contribution in [2.24, 2.45) is 11.7 Å². The molecule has 0 aliphatic carbocycles. The highest BCUT2D eigenvalue weighted by molar-refractivity contribution is 6.74. The van der Waals surface area contributed by atoms with Gasteiger partial charge < -0.3 is 19.6 Å². The first-order chi connectivity index (χ1) is 11.9. The molecule has 0 aliphatic heterocycles. The van der Waals surface area contributed by atoms with Crippen LogP contribution in [0, 0.1) is 5.92 Å². The minimum Gasteiger partial charge on any atom is -0.497 e. The van der Waals surface area contributed by atoms with E-state index in [0.717, 1.165) is 11.3 Å². The monoisotopic (exact) mass is 381 g/mol. The van der Waals surface area contributed by atoms with Gasteiger partial charge in [-0.2, -0.15) is 0 Å². The first-order valence-corrected chi connectivity index (χ1v) is 12.0. The molecule has 148 valence electrons. The van der Waals surface area contributed by atoms with Crippen LogP contribution in [0.25, 0.3) is 0 Å². The number of hydrogen-bond donors (Lipinski definition) is 1. The number of primary amides is 1. The Hall–Kier alpha value is -1.37. The molecule has 0 bridgehead atoms. The lowest BCUT2D eigenvalue weighted by Crippen LogP contribution is -2.51. The quantitative estimate of drug-likeness (QED) is 0.653. The topological polar surface area (TPSA) is 70.8 Å². The van der Waals surface area contributed by atoms with Crippen LogP contribution in [0.5, 0.6) is 5.75 Å². The van der Waals surface area contributed by atoms with Crippen molar-refractivity contribution in [3.05, 3.63) is 29.8 Å². The van der Waals surface area contributed by atoms with E-state index in [9.17, 15) is 4.79 Å². The van der Waals surface area contributed by atoms with E-state index in [1.165, 1.54) is 0 Å². The molecule has 0 saturated carbocycles. The summed E-state index contributed by atoms with van der Waals surface area (Å²) in [5.41, 5.74) is 6.61. The van der Waals surface area contributed by atoms with Crippen molar-refractivity contribution in [2.75, 3.05) is 7.11 Å². The fraction of sp³-hybridized carbons (Fsp3) is 0.650. The smallest absolute Gasteiger partial charge is 0.222 e. The lowest BCUT2D eigenvalue weighted by atomic mass is 10.00. The zero-order valence-corrected chi connectivity index (χ0v) is 18.5. The molecule has 0 fully saturated rings. The third-order valence-electron chi connectivity index (χ3n) is 5.31. The minimum absolute atomic E-state index is 0.0400. The van der Waals surface area contributed by atoms with Crippen LogP contribution in [0.4, 0.5) is 0 Å². The molecule has 2 N–H and O–H groups in total. The maximum Gasteiger partial charge on any atom is 0.222 e. The molecule has 0 aromatic heterocycles. The normalized spacial score (nSPS) is 16.0. The number of rotatable bonds is 9. The van der Waals surface area contributed by atoms with Crippen LogP contribution in [-0.2, 0) is 20.6 Å². The Morgan fingerprint density at radius 3 is 2.12 bits per heavy atom. The molecule has 3 atom stereocenters. The molecule has 1 aromatic carbocycles. The molecular weight excluding hydrogens is 346 g/mol. The van der Waals surface area contributed by atoms with Crippen LogP contribution in [0.1, 0.15) is 40.2 Å². The van der Waals surface area contributed by atoms with Gasteiger partial charge in [0.05, 0.1) is 31.8 Å². The van der Waals surface area contributed by atoms with Gasteiger partial charge >= 0.3 is 0 Å². The summed E-state index contributed by atoms with van der Waals surface area (Å²) in [6.07, 6.45) is -0.625. The third kappa shape index (κ3) is 6.11. The molecule has 5 nitrogen and oxygen atoms in total. The van der Waals surface area contributed by atoms with Crippen molar-refractivity contribution >= 4 is 14.2 Å². The number of carbonyl (C=O) groups excluding carboxylic acids is 1. The Kier molecular flexibility index (Phi) is 7.86. The zero-order chi connectivity index (χ0) is 20.1. The van der Waals surface area contributed by atoms with Crippen molar-refractivity contribution in [1.29, 1.82) is 0 Å². The highest BCUT2D eigenvalue weighted by Crippen LogP contribution is 2.38. The molecule has 1 amide bonds. The number of methoxy groups -OCH3 is 1. The average Bonchev–Trinajstić information content (AvgIpc) is 2.56. The van der Waals surface area contributed by atoms with E-state index in [0.29, 0.717) is 6.61 Å². The Bertz CT molecular complexity index is 580. The Balaban J connectivity index is 2.86. The van der Waals surface area contributed by atoms with Gasteiger partial charge in [-0.05, 0) is 42.8 Å². The minimum atomic E-state index is -2.06. The lowest BCUT2D eigenvalue weighted by molar-refractivity contribution is -0.128. The second-order valence-corrected chi connectivity index (χ2v) is 13.2. The van der Waals surface area contributed by atoms with Gasteiger partial charge in [0.2, 0.25) is 5.91 Å². The molecule has 3 unspecified atom stereocenters. The van der Waals surface area contributed by atoms with Crippen molar-refractivity contribution in [3.63, 3.8) is 0 Å². The third-order valence-corrected chi connectivity index (χ3v) is 9.79. The summed E-state index contributed by atoms with van der Waals surface area (Å²) in [5.74, 6) is 0.0203. The van der Waals surface area contributed by atoms with Crippen molar-refractivity contribution in [3.8, 4) is 5.75 Å². The molecule has 0 heterocycles. The molecular formula is C20H35NO4Si. The predicted octanol–water partition coefficient (Wildman–Crippen LogP) is 4.11. The summed E-state index contributed by atoms with van der Waals surface area (Å²) in [6.45, 7) is 15.1. The summed E-state index contributed by atoms with van der Waals surface area (Å²) in [5, 5.41) is 0.0400. The maximum absolute atomic E-state index is 11.8. The first kappa shape index (κ1) is 22.7. The highest BCUT2D eigenvalue weighted by Gasteiger charge is 2.42. The molecule has 0 aliphatic rings. The summed E-state index contributed by atoms with van der Waals surface area (Å²) in [7, 11) is -0.424. The van der Waals surface area contributed by atoms with Gasteiger partial charge in [-0.25, -0.2) is 0 Å². The Morgan fingerprint density at radius 2 is 1.69 bits per heavy atom. The van der Waals surface area contributed by atoms with Crippen LogP contribution in [0.15, 0.2) is 24.3 Å². The van der Waals surface area contributed by atoms with E-state index in [4.69, 9.17) is 19.6 Å². The van der Waals surface area contributed by atoms with E-state index < -0.39 is 14.2 Å². The Labute approximate surface area is 159 Å². The number of amides is 1. The van der Waals surface area contributed by atoms with Crippen LogP contribution >= 0.6 is 0 Å². The summed E-state index contributed by atoms with van der Waals surface area (Å²) >= 11 is 0. The van der Waals surface area contributed by atoms with Crippen molar-refractivity contribution in [2.45, 2.75) is 71.6 Å².